The van der Waals surface area contributed by atoms with Crippen molar-refractivity contribution in [3.05, 3.63) is 281 Å². The number of carbonyl (C=O) groups is 5. The van der Waals surface area contributed by atoms with Crippen LogP contribution < -0.4 is 54.0 Å². The van der Waals surface area contributed by atoms with Gasteiger partial charge >= 0.3 is 0 Å². The molecule has 0 bridgehead atoms. The van der Waals surface area contributed by atoms with E-state index in [2.05, 4.69) is 97.0 Å². The highest BCUT2D eigenvalue weighted by Gasteiger charge is 2.28. The van der Waals surface area contributed by atoms with E-state index < -0.39 is 120 Å². The van der Waals surface area contributed by atoms with E-state index in [1.807, 2.05) is 90.4 Å². The minimum Gasteiger partial charge on any atom is -0.352 e. The third-order valence-corrected chi connectivity index (χ3v) is 19.9. The van der Waals surface area contributed by atoms with Crippen molar-refractivity contribution in [2.24, 2.45) is 0 Å². The fourth-order valence-electron chi connectivity index (χ4n) is 8.47. The van der Waals surface area contributed by atoms with Crippen LogP contribution in [0.15, 0.2) is 147 Å². The summed E-state index contributed by atoms with van der Waals surface area (Å²) in [4.78, 5) is 68.1. The molecule has 0 atom stereocenters. The van der Waals surface area contributed by atoms with Crippen LogP contribution >= 0.6 is 207 Å². The lowest BCUT2D eigenvalue weighted by Crippen LogP contribution is -2.21. The Morgan fingerprint density at radius 3 is 1.00 bits per heavy atom. The zero-order chi connectivity index (χ0) is 82.0. The van der Waals surface area contributed by atoms with Gasteiger partial charge in [0, 0.05) is 34.5 Å². The monoisotopic (exact) mass is 2360 g/mol. The number of nitrogens with zero attached hydrogens (tertiary/aromatic N) is 1. The van der Waals surface area contributed by atoms with Gasteiger partial charge in [0.1, 0.15) is 5.82 Å². The first-order chi connectivity index (χ1) is 51.8. The zero-order valence-electron chi connectivity index (χ0n) is 53.1. The van der Waals surface area contributed by atoms with E-state index in [-0.39, 0.29) is 86.1 Å². The van der Waals surface area contributed by atoms with Crippen LogP contribution in [-0.4, -0.2) is 60.5 Å². The Morgan fingerprint density at radius 1 is 0.318 bits per heavy atom. The normalized spacial score (nSPS) is 10.4. The third-order valence-electron chi connectivity index (χ3n) is 13.6. The van der Waals surface area contributed by atoms with Crippen LogP contribution in [0.1, 0.15) is 51.8 Å². The van der Waals surface area contributed by atoms with E-state index in [0.717, 1.165) is 50.7 Å². The molecule has 0 fully saturated rings. The van der Waals surface area contributed by atoms with Gasteiger partial charge in [0.25, 0.3) is 35.2 Å². The number of non-ortho nitro benzene ring substituents is 1. The minimum absolute atomic E-state index is 0.000795. The second-order valence-electron chi connectivity index (χ2n) is 20.6. The number of carbonyl (C=O) groups excluding carboxylic acids is 5. The van der Waals surface area contributed by atoms with Crippen LogP contribution in [0, 0.1) is 86.1 Å². The van der Waals surface area contributed by atoms with Crippen molar-refractivity contribution < 1.29 is 98.8 Å². The molecule has 15 N–H and O–H groups in total. The van der Waals surface area contributed by atoms with Gasteiger partial charge in [0.2, 0.25) is 0 Å². The highest BCUT2D eigenvalue weighted by Crippen LogP contribution is 2.40. The Bertz CT molecular complexity index is 4770. The van der Waals surface area contributed by atoms with Crippen molar-refractivity contribution in [3.63, 3.8) is 0 Å². The van der Waals surface area contributed by atoms with Gasteiger partial charge in [-0.3, -0.25) is 60.1 Å². The maximum absolute atomic E-state index is 14.2. The van der Waals surface area contributed by atoms with Crippen LogP contribution in [0.4, 0.5) is 106 Å². The Hall–Kier alpha value is -6.70. The number of nitro benzene ring substituents is 1. The Balaban J connectivity index is 0.000000215. The second-order valence-corrected chi connectivity index (χ2v) is 31.0. The van der Waals surface area contributed by atoms with Gasteiger partial charge in [0.15, 0.2) is 52.4 Å². The summed E-state index contributed by atoms with van der Waals surface area (Å²) in [6, 6.07) is 30.7. The van der Waals surface area contributed by atoms with Gasteiger partial charge in [-0.25, -0.2) is 71.3 Å². The summed E-state index contributed by atoms with van der Waals surface area (Å²) < 4.78 is 142. The summed E-state index contributed by atoms with van der Waals surface area (Å²) >= 11 is 42.5. The van der Waals surface area contributed by atoms with Gasteiger partial charge in [-0.1, -0.05) is 46.4 Å². The molecule has 5 amide bonds. The first-order valence-electron chi connectivity index (χ1n) is 28.6. The van der Waals surface area contributed by atoms with Crippen molar-refractivity contribution in [2.45, 2.75) is 0 Å². The fraction of sp³-hybridized carbons (Fsp3) is 0. The number of nitro groups is 1. The molecular formula is C65H37Br3Cl4F10I5N11O12. The molecule has 45 heteroatoms. The van der Waals surface area contributed by atoms with E-state index in [4.69, 9.17) is 72.4 Å². The SMILES string of the molecule is O=C(NO)c1cc(Br)c(F)c(F)c1Nc1ccc(I)cc1Br.O=C(NO)c1cc(Br)c(F)c(F)c1Nc1ccc(I)cc1Cl.O=C(NO)c1cc(Cl)c(F)c(F)c1Nc1ccc(I)cc1Cl.O=C(NO)c1cc(F)c(F)c(F)c1Nc1ccc(I)cc1Cl.O=C(NO)c1ccc([N+](=O)[O-])cc1Nc1ccc(I)cc1F. The largest absolute Gasteiger partial charge is 0.352 e. The van der Waals surface area contributed by atoms with Crippen molar-refractivity contribution in [2.75, 3.05) is 26.6 Å². The van der Waals surface area contributed by atoms with E-state index in [1.54, 1.807) is 66.7 Å². The van der Waals surface area contributed by atoms with Crippen molar-refractivity contribution in [1.82, 2.24) is 27.4 Å². The Kier molecular flexibility index (Phi) is 35.5. The predicted molar refractivity (Wildman–Crippen MR) is 440 cm³/mol. The predicted octanol–water partition coefficient (Wildman–Crippen LogP) is 22.0. The number of anilines is 10. The van der Waals surface area contributed by atoms with Crippen LogP contribution in [0.5, 0.6) is 0 Å². The summed E-state index contributed by atoms with van der Waals surface area (Å²) in [6.45, 7) is 0. The summed E-state index contributed by atoms with van der Waals surface area (Å²) in [7, 11) is 0. The number of nitrogens with one attached hydrogen (secondary N) is 10. The van der Waals surface area contributed by atoms with Crippen LogP contribution in [0.3, 0.4) is 0 Å². The zero-order valence-corrected chi connectivity index (χ0v) is 71.6. The standard InChI is InChI=1S/C13H7Br2F2IN2O2.C13H7BrClF2IN2O2.C13H7Cl2F2IN2O2.C13H7ClF3IN2O2.C13H9FIN3O4/c14-7-3-5(18)1-2-9(7)19-12-6(13(21)20-22)4-8(15)10(16)11(12)17;14-7-4-6(13(21)20-22)12(11(17)10(7)16)19-9-2-1-5(18)3-8(9)15;2*14-7-3-5(18)1-2-9(7)19-12-6(13(21)20-22)4-8(15)10(16)11(12)17;14-10-5-7(15)1-4-11(10)16-12-6-8(18(21)22)2-3-9(12)13(19)17-20/h4*1-4,19,22H,(H,20,21);1-6,16,20H,(H,17,19). The lowest BCUT2D eigenvalue weighted by Gasteiger charge is -2.15. The van der Waals surface area contributed by atoms with E-state index in [1.165, 1.54) is 51.7 Å². The van der Waals surface area contributed by atoms with E-state index >= 15 is 0 Å². The van der Waals surface area contributed by atoms with Gasteiger partial charge in [0.05, 0.1) is 119 Å². The number of hydroxylamine groups is 5. The highest BCUT2D eigenvalue weighted by molar-refractivity contribution is 14.1. The summed E-state index contributed by atoms with van der Waals surface area (Å²) in [5.74, 6) is -18.1. The molecule has 0 saturated carbocycles. The number of benzene rings is 10. The van der Waals surface area contributed by atoms with Crippen LogP contribution in [-0.2, 0) is 0 Å². The Labute approximate surface area is 724 Å². The van der Waals surface area contributed by atoms with Crippen molar-refractivity contribution >= 4 is 299 Å². The highest BCUT2D eigenvalue weighted by atomic mass is 127. The molecule has 110 heavy (non-hydrogen) atoms. The number of hydrogen-bond donors (Lipinski definition) is 15. The summed E-state index contributed by atoms with van der Waals surface area (Å²) in [5.41, 5.74) is 4.20. The van der Waals surface area contributed by atoms with Gasteiger partial charge in [-0.15, -0.1) is 0 Å². The maximum Gasteiger partial charge on any atom is 0.276 e. The van der Waals surface area contributed by atoms with Crippen LogP contribution in [0.2, 0.25) is 20.1 Å². The number of rotatable bonds is 16. The van der Waals surface area contributed by atoms with E-state index in [0.29, 0.717) is 19.8 Å². The maximum atomic E-state index is 14.2. The molecule has 0 aliphatic heterocycles. The lowest BCUT2D eigenvalue weighted by atomic mass is 10.1. The summed E-state index contributed by atoms with van der Waals surface area (Å²) in [6.07, 6.45) is 0. The summed E-state index contributed by atoms with van der Waals surface area (Å²) in [5, 5.41) is 67.3. The molecule has 0 aliphatic rings. The first kappa shape index (κ1) is 92.2. The molecule has 0 saturated heterocycles. The molecule has 0 unspecified atom stereocenters. The molecule has 10 aromatic rings. The van der Waals surface area contributed by atoms with Gasteiger partial charge < -0.3 is 26.6 Å². The molecule has 0 heterocycles. The number of amides is 5. The lowest BCUT2D eigenvalue weighted by molar-refractivity contribution is -0.384. The van der Waals surface area contributed by atoms with E-state index in [9.17, 15) is 78.0 Å². The average molecular weight is 2370 g/mol. The molecule has 578 valence electrons. The van der Waals surface area contributed by atoms with Gasteiger partial charge in [-0.2, -0.15) is 0 Å². The van der Waals surface area contributed by atoms with Crippen molar-refractivity contribution in [3.8, 4) is 0 Å². The number of hydrogen-bond acceptors (Lipinski definition) is 17. The topological polar surface area (TPSA) is 350 Å². The molecule has 0 spiro atoms. The quantitative estimate of drug-likeness (QED) is 0.0107. The molecule has 0 aliphatic carbocycles. The molecule has 10 rings (SSSR count). The van der Waals surface area contributed by atoms with Gasteiger partial charge in [-0.05, 0) is 282 Å². The molecule has 10 aromatic carbocycles. The van der Waals surface area contributed by atoms with Crippen molar-refractivity contribution in [1.29, 1.82) is 0 Å². The Morgan fingerprint density at radius 2 is 0.636 bits per heavy atom. The third kappa shape index (κ3) is 24.2. The molecular weight excluding hydrogens is 2330 g/mol. The molecule has 0 radical (unpaired) electrons. The molecule has 0 aromatic heterocycles. The van der Waals surface area contributed by atoms with Crippen LogP contribution in [0.25, 0.3) is 0 Å². The second kappa shape index (κ2) is 42.4. The fourth-order valence-corrected chi connectivity index (χ4v) is 14.0. The average Bonchev–Trinajstić information content (AvgIpc) is 0.815. The first-order valence-corrected chi connectivity index (χ1v) is 37.9. The smallest absolute Gasteiger partial charge is 0.276 e. The number of halogens is 22. The minimum atomic E-state index is -1.75. The molecule has 23 nitrogen and oxygen atoms in total.